The van der Waals surface area contributed by atoms with Gasteiger partial charge in [-0.2, -0.15) is 0 Å². The molecule has 1 atom stereocenters. The summed E-state index contributed by atoms with van der Waals surface area (Å²) < 4.78 is 5.22. The fraction of sp³-hybridized carbons (Fsp3) is 0.462. The molecular weight excluding hydrogens is 238 g/mol. The Hall–Kier alpha value is -1.06. The number of ether oxygens (including phenoxy) is 1. The van der Waals surface area contributed by atoms with E-state index in [-0.39, 0.29) is 5.97 Å². The van der Waals surface area contributed by atoms with Crippen LogP contribution < -0.4 is 5.32 Å². The monoisotopic (exact) mass is 253 g/mol. The minimum atomic E-state index is -0.117. The first-order valence-corrected chi connectivity index (χ1v) is 6.22. The average Bonchev–Trinajstić information content (AvgIpc) is 2.81. The van der Waals surface area contributed by atoms with E-state index in [2.05, 4.69) is 5.32 Å². The molecule has 92 valence electrons. The molecule has 1 saturated heterocycles. The second kappa shape index (κ2) is 6.03. The van der Waals surface area contributed by atoms with E-state index in [0.717, 1.165) is 25.1 Å². The van der Waals surface area contributed by atoms with Crippen molar-refractivity contribution < 1.29 is 9.53 Å². The first-order chi connectivity index (χ1) is 8.24. The number of hydrogen-bond acceptors (Lipinski definition) is 3. The van der Waals surface area contributed by atoms with Crippen LogP contribution in [0.1, 0.15) is 18.4 Å². The van der Waals surface area contributed by atoms with Crippen molar-refractivity contribution in [2.75, 3.05) is 13.1 Å². The van der Waals surface area contributed by atoms with Gasteiger partial charge in [-0.05, 0) is 43.1 Å². The summed E-state index contributed by atoms with van der Waals surface area (Å²) in [5.41, 5.74) is 0.965. The number of esters is 1. The number of carbonyl (C=O) groups excluding carboxylic acids is 1. The Kier molecular flexibility index (Phi) is 4.40. The lowest BCUT2D eigenvalue weighted by Crippen LogP contribution is -2.14. The fourth-order valence-corrected chi connectivity index (χ4v) is 2.05. The smallest absolute Gasteiger partial charge is 0.306 e. The van der Waals surface area contributed by atoms with Crippen molar-refractivity contribution in [3.8, 4) is 0 Å². The van der Waals surface area contributed by atoms with Crippen LogP contribution in [0.3, 0.4) is 0 Å². The lowest BCUT2D eigenvalue weighted by Gasteiger charge is -2.08. The number of halogens is 1. The highest BCUT2D eigenvalue weighted by atomic mass is 35.5. The summed E-state index contributed by atoms with van der Waals surface area (Å²) in [6.45, 7) is 2.27. The molecule has 3 nitrogen and oxygen atoms in total. The zero-order chi connectivity index (χ0) is 12.1. The molecule has 1 unspecified atom stereocenters. The van der Waals surface area contributed by atoms with Crippen molar-refractivity contribution in [1.82, 2.24) is 5.32 Å². The van der Waals surface area contributed by atoms with Crippen molar-refractivity contribution >= 4 is 17.6 Å². The Balaban J connectivity index is 1.73. The average molecular weight is 254 g/mol. The second-order valence-corrected chi connectivity index (χ2v) is 4.79. The highest BCUT2D eigenvalue weighted by Crippen LogP contribution is 2.14. The molecule has 1 aromatic rings. The van der Waals surface area contributed by atoms with Gasteiger partial charge < -0.3 is 10.1 Å². The van der Waals surface area contributed by atoms with E-state index in [9.17, 15) is 4.79 Å². The fourth-order valence-electron chi connectivity index (χ4n) is 1.93. The summed E-state index contributed by atoms with van der Waals surface area (Å²) in [4.78, 5) is 11.6. The maximum absolute atomic E-state index is 11.6. The Morgan fingerprint density at radius 3 is 2.82 bits per heavy atom. The zero-order valence-electron chi connectivity index (χ0n) is 9.62. The highest BCUT2D eigenvalue weighted by Gasteiger charge is 2.18. The Labute approximate surface area is 106 Å². The molecule has 0 aromatic heterocycles. The predicted octanol–water partition coefficient (Wildman–Crippen LogP) is 2.38. The van der Waals surface area contributed by atoms with Gasteiger partial charge in [-0.25, -0.2) is 0 Å². The van der Waals surface area contributed by atoms with Gasteiger partial charge in [0.05, 0.1) is 0 Å². The van der Waals surface area contributed by atoms with Gasteiger partial charge in [-0.15, -0.1) is 0 Å². The van der Waals surface area contributed by atoms with Crippen molar-refractivity contribution in [1.29, 1.82) is 0 Å². The summed E-state index contributed by atoms with van der Waals surface area (Å²) in [5, 5.41) is 3.93. The minimum absolute atomic E-state index is 0.117. The molecule has 0 amide bonds. The highest BCUT2D eigenvalue weighted by molar-refractivity contribution is 6.30. The Bertz CT molecular complexity index is 372. The molecule has 1 N–H and O–H groups in total. The van der Waals surface area contributed by atoms with Gasteiger partial charge in [-0.3, -0.25) is 4.79 Å². The van der Waals surface area contributed by atoms with Gasteiger partial charge >= 0.3 is 5.97 Å². The third kappa shape index (κ3) is 4.02. The Morgan fingerprint density at radius 1 is 1.41 bits per heavy atom. The van der Waals surface area contributed by atoms with Crippen LogP contribution in [0.15, 0.2) is 24.3 Å². The maximum atomic E-state index is 11.6. The number of hydrogen-bond donors (Lipinski definition) is 1. The topological polar surface area (TPSA) is 38.3 Å². The van der Waals surface area contributed by atoms with E-state index in [4.69, 9.17) is 16.3 Å². The van der Waals surface area contributed by atoms with Gasteiger partial charge in [0.2, 0.25) is 0 Å². The van der Waals surface area contributed by atoms with Crippen LogP contribution in [0.25, 0.3) is 0 Å². The molecule has 0 spiro atoms. The van der Waals surface area contributed by atoms with Crippen LogP contribution in [0.4, 0.5) is 0 Å². The third-order valence-corrected chi connectivity index (χ3v) is 3.18. The summed E-state index contributed by atoms with van der Waals surface area (Å²) in [5.74, 6) is 0.321. The second-order valence-electron chi connectivity index (χ2n) is 4.35. The number of rotatable bonds is 4. The van der Waals surface area contributed by atoms with Crippen molar-refractivity contribution in [2.45, 2.75) is 19.4 Å². The van der Waals surface area contributed by atoms with Crippen LogP contribution in [-0.4, -0.2) is 19.1 Å². The van der Waals surface area contributed by atoms with Gasteiger partial charge in [0.15, 0.2) is 0 Å². The molecule has 0 bridgehead atoms. The van der Waals surface area contributed by atoms with E-state index in [1.54, 1.807) is 12.1 Å². The lowest BCUT2D eigenvalue weighted by atomic mass is 10.1. The summed E-state index contributed by atoms with van der Waals surface area (Å²) in [6, 6.07) is 7.33. The Morgan fingerprint density at radius 2 is 2.18 bits per heavy atom. The van der Waals surface area contributed by atoms with E-state index in [1.165, 1.54) is 0 Å². The van der Waals surface area contributed by atoms with Gasteiger partial charge in [-0.1, -0.05) is 23.7 Å². The molecular formula is C13H16ClNO2. The quantitative estimate of drug-likeness (QED) is 0.838. The van der Waals surface area contributed by atoms with E-state index in [1.807, 2.05) is 12.1 Å². The maximum Gasteiger partial charge on any atom is 0.306 e. The third-order valence-electron chi connectivity index (χ3n) is 2.93. The van der Waals surface area contributed by atoms with Gasteiger partial charge in [0.1, 0.15) is 6.61 Å². The van der Waals surface area contributed by atoms with E-state index >= 15 is 0 Å². The predicted molar refractivity (Wildman–Crippen MR) is 66.8 cm³/mol. The minimum Gasteiger partial charge on any atom is -0.461 e. The molecule has 1 aliphatic heterocycles. The normalized spacial score (nSPS) is 19.2. The van der Waals surface area contributed by atoms with E-state index in [0.29, 0.717) is 24.0 Å². The standard InChI is InChI=1S/C13H16ClNO2/c14-12-3-1-10(2-4-12)9-17-13(16)7-11-5-6-15-8-11/h1-4,11,15H,5-9H2. The molecule has 0 saturated carbocycles. The summed E-state index contributed by atoms with van der Waals surface area (Å²) in [7, 11) is 0. The SMILES string of the molecule is O=C(CC1CCNC1)OCc1ccc(Cl)cc1. The summed E-state index contributed by atoms with van der Waals surface area (Å²) >= 11 is 5.77. The molecule has 1 heterocycles. The molecule has 1 aromatic carbocycles. The molecule has 0 aliphatic carbocycles. The molecule has 0 radical (unpaired) electrons. The van der Waals surface area contributed by atoms with Gasteiger partial charge in [0.25, 0.3) is 0 Å². The van der Waals surface area contributed by atoms with Crippen molar-refractivity contribution in [2.24, 2.45) is 5.92 Å². The number of benzene rings is 1. The number of nitrogens with one attached hydrogen (secondary N) is 1. The van der Waals surface area contributed by atoms with Crippen molar-refractivity contribution in [3.63, 3.8) is 0 Å². The van der Waals surface area contributed by atoms with Crippen LogP contribution >= 0.6 is 11.6 Å². The van der Waals surface area contributed by atoms with E-state index < -0.39 is 0 Å². The molecule has 4 heteroatoms. The first kappa shape index (κ1) is 12.4. The van der Waals surface area contributed by atoms with Crippen molar-refractivity contribution in [3.05, 3.63) is 34.9 Å². The zero-order valence-corrected chi connectivity index (χ0v) is 10.4. The first-order valence-electron chi connectivity index (χ1n) is 5.85. The number of carbonyl (C=O) groups is 1. The van der Waals surface area contributed by atoms with Crippen LogP contribution in [0, 0.1) is 5.92 Å². The molecule has 2 rings (SSSR count). The molecule has 1 fully saturated rings. The largest absolute Gasteiger partial charge is 0.461 e. The van der Waals surface area contributed by atoms with Crippen LogP contribution in [0.5, 0.6) is 0 Å². The molecule has 17 heavy (non-hydrogen) atoms. The van der Waals surface area contributed by atoms with Crippen LogP contribution in [0.2, 0.25) is 5.02 Å². The molecule has 1 aliphatic rings. The van der Waals surface area contributed by atoms with Gasteiger partial charge in [0, 0.05) is 11.4 Å². The lowest BCUT2D eigenvalue weighted by molar-refractivity contribution is -0.145. The summed E-state index contributed by atoms with van der Waals surface area (Å²) in [6.07, 6.45) is 1.58. The van der Waals surface area contributed by atoms with Crippen LogP contribution in [-0.2, 0) is 16.1 Å².